The van der Waals surface area contributed by atoms with Crippen LogP contribution in [0.25, 0.3) is 0 Å². The first-order valence-corrected chi connectivity index (χ1v) is 7.59. The van der Waals surface area contributed by atoms with Gasteiger partial charge in [0.05, 0.1) is 5.02 Å². The lowest BCUT2D eigenvalue weighted by Gasteiger charge is -2.10. The Morgan fingerprint density at radius 2 is 2.05 bits per heavy atom. The summed E-state index contributed by atoms with van der Waals surface area (Å²) in [5, 5.41) is 4.00. The number of hydrogen-bond acceptors (Lipinski definition) is 3. The molecular formula is C17H21ClN2O. The molecule has 0 aliphatic heterocycles. The highest BCUT2D eigenvalue weighted by Gasteiger charge is 2.04. The Labute approximate surface area is 131 Å². The molecule has 0 fully saturated rings. The van der Waals surface area contributed by atoms with Gasteiger partial charge in [0.1, 0.15) is 12.4 Å². The van der Waals surface area contributed by atoms with Crippen LogP contribution in [0.2, 0.25) is 5.02 Å². The molecule has 3 nitrogen and oxygen atoms in total. The number of hydrogen-bond donors (Lipinski definition) is 1. The summed E-state index contributed by atoms with van der Waals surface area (Å²) in [7, 11) is 0. The number of aryl methyl sites for hydroxylation is 1. The lowest BCUT2D eigenvalue weighted by molar-refractivity contribution is 0.306. The summed E-state index contributed by atoms with van der Waals surface area (Å²) in [4.78, 5) is 4.15. The predicted molar refractivity (Wildman–Crippen MR) is 86.8 cm³/mol. The van der Waals surface area contributed by atoms with Gasteiger partial charge in [0.15, 0.2) is 0 Å². The minimum Gasteiger partial charge on any atom is -0.487 e. The van der Waals surface area contributed by atoms with Gasteiger partial charge in [-0.1, -0.05) is 24.6 Å². The highest BCUT2D eigenvalue weighted by atomic mass is 35.5. The Kier molecular flexibility index (Phi) is 6.03. The molecule has 0 saturated heterocycles. The summed E-state index contributed by atoms with van der Waals surface area (Å²) in [6, 6.07) is 7.98. The summed E-state index contributed by atoms with van der Waals surface area (Å²) >= 11 is 6.27. The molecule has 2 aromatic rings. The number of benzene rings is 1. The molecule has 112 valence electrons. The van der Waals surface area contributed by atoms with Gasteiger partial charge in [-0.05, 0) is 49.2 Å². The molecule has 0 atom stereocenters. The Hall–Kier alpha value is -1.58. The SMILES string of the molecule is CCCNCc1ccc(OCc2cncc(C)c2)c(Cl)c1. The Morgan fingerprint density at radius 3 is 2.76 bits per heavy atom. The zero-order chi connectivity index (χ0) is 15.1. The molecule has 2 rings (SSSR count). The van der Waals surface area contributed by atoms with Crippen LogP contribution >= 0.6 is 11.6 Å². The molecule has 0 spiro atoms. The van der Waals surface area contributed by atoms with Gasteiger partial charge in [0.25, 0.3) is 0 Å². The van der Waals surface area contributed by atoms with E-state index in [2.05, 4.69) is 23.3 Å². The third kappa shape index (κ3) is 5.03. The maximum atomic E-state index is 6.27. The Morgan fingerprint density at radius 1 is 1.19 bits per heavy atom. The molecule has 21 heavy (non-hydrogen) atoms. The van der Waals surface area contributed by atoms with Crippen molar-refractivity contribution in [3.8, 4) is 5.75 Å². The van der Waals surface area contributed by atoms with E-state index in [0.29, 0.717) is 17.4 Å². The maximum Gasteiger partial charge on any atom is 0.138 e. The van der Waals surface area contributed by atoms with Crippen molar-refractivity contribution < 1.29 is 4.74 Å². The number of pyridine rings is 1. The molecule has 1 heterocycles. The van der Waals surface area contributed by atoms with E-state index in [-0.39, 0.29) is 0 Å². The number of aromatic nitrogens is 1. The van der Waals surface area contributed by atoms with Gasteiger partial charge in [-0.25, -0.2) is 0 Å². The minimum atomic E-state index is 0.474. The van der Waals surface area contributed by atoms with Gasteiger partial charge >= 0.3 is 0 Å². The van der Waals surface area contributed by atoms with E-state index >= 15 is 0 Å². The first kappa shape index (κ1) is 15.8. The van der Waals surface area contributed by atoms with Gasteiger partial charge in [-0.3, -0.25) is 4.98 Å². The number of nitrogens with one attached hydrogen (secondary N) is 1. The topological polar surface area (TPSA) is 34.1 Å². The average molecular weight is 305 g/mol. The summed E-state index contributed by atoms with van der Waals surface area (Å²) in [5.41, 5.74) is 3.33. The third-order valence-electron chi connectivity index (χ3n) is 3.08. The van der Waals surface area contributed by atoms with Crippen LogP contribution in [0.5, 0.6) is 5.75 Å². The second kappa shape index (κ2) is 8.01. The molecule has 0 amide bonds. The molecule has 1 aromatic carbocycles. The minimum absolute atomic E-state index is 0.474. The van der Waals surface area contributed by atoms with Crippen LogP contribution in [0.1, 0.15) is 30.0 Å². The van der Waals surface area contributed by atoms with E-state index in [1.807, 2.05) is 37.5 Å². The lowest BCUT2D eigenvalue weighted by atomic mass is 10.2. The smallest absolute Gasteiger partial charge is 0.138 e. The van der Waals surface area contributed by atoms with Gasteiger partial charge in [0.2, 0.25) is 0 Å². The quantitative estimate of drug-likeness (QED) is 0.781. The molecule has 0 aliphatic carbocycles. The van der Waals surface area contributed by atoms with Crippen molar-refractivity contribution in [1.82, 2.24) is 10.3 Å². The third-order valence-corrected chi connectivity index (χ3v) is 3.37. The summed E-state index contributed by atoms with van der Waals surface area (Å²) < 4.78 is 5.77. The molecule has 0 bridgehead atoms. The van der Waals surface area contributed by atoms with Crippen LogP contribution in [-0.4, -0.2) is 11.5 Å². The van der Waals surface area contributed by atoms with Crippen LogP contribution in [0.15, 0.2) is 36.7 Å². The standard InChI is InChI=1S/C17H21ClN2O/c1-3-6-19-10-14-4-5-17(16(18)8-14)21-12-15-7-13(2)9-20-11-15/h4-5,7-9,11,19H,3,6,10,12H2,1-2H3. The van der Waals surface area contributed by atoms with Crippen LogP contribution in [0.4, 0.5) is 0 Å². The van der Waals surface area contributed by atoms with Gasteiger partial charge < -0.3 is 10.1 Å². The molecule has 4 heteroatoms. The normalized spacial score (nSPS) is 10.6. The average Bonchev–Trinajstić information content (AvgIpc) is 2.47. The fraction of sp³-hybridized carbons (Fsp3) is 0.353. The zero-order valence-corrected chi connectivity index (χ0v) is 13.3. The fourth-order valence-electron chi connectivity index (χ4n) is 2.04. The molecular weight excluding hydrogens is 284 g/mol. The van der Waals surface area contributed by atoms with Crippen LogP contribution in [0, 0.1) is 6.92 Å². The van der Waals surface area contributed by atoms with Crippen molar-refractivity contribution in [3.05, 3.63) is 58.4 Å². The van der Waals surface area contributed by atoms with E-state index < -0.39 is 0 Å². The van der Waals surface area contributed by atoms with Gasteiger partial charge in [-0.2, -0.15) is 0 Å². The molecule has 0 saturated carbocycles. The maximum absolute atomic E-state index is 6.27. The Balaban J connectivity index is 1.94. The number of nitrogens with zero attached hydrogens (tertiary/aromatic N) is 1. The van der Waals surface area contributed by atoms with Crippen LogP contribution < -0.4 is 10.1 Å². The van der Waals surface area contributed by atoms with Crippen LogP contribution in [0.3, 0.4) is 0 Å². The van der Waals surface area contributed by atoms with E-state index in [9.17, 15) is 0 Å². The first-order valence-electron chi connectivity index (χ1n) is 7.21. The van der Waals surface area contributed by atoms with Crippen molar-refractivity contribution >= 4 is 11.6 Å². The molecule has 0 unspecified atom stereocenters. The Bertz CT molecular complexity index is 587. The number of ether oxygens (including phenoxy) is 1. The molecule has 0 radical (unpaired) electrons. The van der Waals surface area contributed by atoms with Crippen molar-refractivity contribution in [3.63, 3.8) is 0 Å². The van der Waals surface area contributed by atoms with Crippen molar-refractivity contribution in [2.75, 3.05) is 6.54 Å². The predicted octanol–water partition coefficient (Wildman–Crippen LogP) is 4.12. The largest absolute Gasteiger partial charge is 0.487 e. The molecule has 0 aliphatic rings. The van der Waals surface area contributed by atoms with Crippen LogP contribution in [-0.2, 0) is 13.2 Å². The molecule has 1 N–H and O–H groups in total. The summed E-state index contributed by atoms with van der Waals surface area (Å²) in [6.07, 6.45) is 4.76. The summed E-state index contributed by atoms with van der Waals surface area (Å²) in [6.45, 7) is 6.48. The van der Waals surface area contributed by atoms with E-state index in [1.54, 1.807) is 0 Å². The number of rotatable bonds is 7. The fourth-order valence-corrected chi connectivity index (χ4v) is 2.30. The second-order valence-electron chi connectivity index (χ2n) is 5.10. The van der Waals surface area contributed by atoms with Crippen molar-refractivity contribution in [2.24, 2.45) is 0 Å². The van der Waals surface area contributed by atoms with Crippen molar-refractivity contribution in [2.45, 2.75) is 33.4 Å². The lowest BCUT2D eigenvalue weighted by Crippen LogP contribution is -2.13. The number of halogens is 1. The highest BCUT2D eigenvalue weighted by Crippen LogP contribution is 2.26. The van der Waals surface area contributed by atoms with E-state index in [1.165, 1.54) is 0 Å². The highest BCUT2D eigenvalue weighted by molar-refractivity contribution is 6.32. The second-order valence-corrected chi connectivity index (χ2v) is 5.51. The van der Waals surface area contributed by atoms with Crippen molar-refractivity contribution in [1.29, 1.82) is 0 Å². The first-order chi connectivity index (χ1) is 10.2. The van der Waals surface area contributed by atoms with Gasteiger partial charge in [0, 0.05) is 24.5 Å². The zero-order valence-electron chi connectivity index (χ0n) is 12.5. The monoisotopic (exact) mass is 304 g/mol. The molecule has 1 aromatic heterocycles. The van der Waals surface area contributed by atoms with E-state index in [4.69, 9.17) is 16.3 Å². The summed E-state index contributed by atoms with van der Waals surface area (Å²) in [5.74, 6) is 0.706. The van der Waals surface area contributed by atoms with E-state index in [0.717, 1.165) is 36.2 Å². The van der Waals surface area contributed by atoms with Gasteiger partial charge in [-0.15, -0.1) is 0 Å².